The topological polar surface area (TPSA) is 86.1 Å². The first-order chi connectivity index (χ1) is 14.3. The highest BCUT2D eigenvalue weighted by atomic mass is 19.2. The Morgan fingerprint density at radius 1 is 1.23 bits per heavy atom. The van der Waals surface area contributed by atoms with Crippen molar-refractivity contribution in [1.82, 2.24) is 25.0 Å². The molecule has 4 rings (SSSR count). The molecule has 0 radical (unpaired) electrons. The number of likely N-dealkylation sites (N-methyl/N-ethyl adjacent to an activating group) is 2. The van der Waals surface area contributed by atoms with Crippen molar-refractivity contribution in [2.45, 2.75) is 25.6 Å². The molecule has 1 aromatic heterocycles. The molecular formula is C19H21F2N7O2. The Kier molecular flexibility index (Phi) is 5.10. The average molecular weight is 417 g/mol. The zero-order valence-electron chi connectivity index (χ0n) is 16.5. The van der Waals surface area contributed by atoms with Crippen molar-refractivity contribution in [3.63, 3.8) is 0 Å². The van der Waals surface area contributed by atoms with E-state index in [9.17, 15) is 18.4 Å². The lowest BCUT2D eigenvalue weighted by atomic mass is 10.2. The van der Waals surface area contributed by atoms with Gasteiger partial charge in [-0.3, -0.25) is 19.5 Å². The number of amidine groups is 1. The highest BCUT2D eigenvalue weighted by Gasteiger charge is 2.33. The lowest BCUT2D eigenvalue weighted by Gasteiger charge is -2.21. The van der Waals surface area contributed by atoms with E-state index in [1.54, 1.807) is 40.9 Å². The van der Waals surface area contributed by atoms with Crippen LogP contribution in [0.15, 0.2) is 35.6 Å². The van der Waals surface area contributed by atoms with Crippen molar-refractivity contribution in [3.8, 4) is 0 Å². The summed E-state index contributed by atoms with van der Waals surface area (Å²) in [6.07, 6.45) is 2.03. The van der Waals surface area contributed by atoms with Crippen LogP contribution >= 0.6 is 0 Å². The summed E-state index contributed by atoms with van der Waals surface area (Å²) < 4.78 is 28.2. The molecule has 0 bridgehead atoms. The first-order valence-corrected chi connectivity index (χ1v) is 9.42. The fraction of sp³-hybridized carbons (Fsp3) is 0.368. The molecule has 1 aromatic carbocycles. The van der Waals surface area contributed by atoms with Crippen LogP contribution in [0.5, 0.6) is 0 Å². The number of halogens is 2. The number of carbonyl (C=O) groups excluding carboxylic acids is 2. The van der Waals surface area contributed by atoms with Gasteiger partial charge in [0.2, 0.25) is 5.84 Å². The predicted molar refractivity (Wildman–Crippen MR) is 104 cm³/mol. The van der Waals surface area contributed by atoms with Gasteiger partial charge in [0.25, 0.3) is 11.8 Å². The normalized spacial score (nSPS) is 18.9. The molecule has 0 spiro atoms. The van der Waals surface area contributed by atoms with E-state index in [-0.39, 0.29) is 18.3 Å². The summed E-state index contributed by atoms with van der Waals surface area (Å²) in [5.41, 5.74) is 0.530. The smallest absolute Gasteiger partial charge is 0.289 e. The zero-order chi connectivity index (χ0) is 21.4. The third-order valence-electron chi connectivity index (χ3n) is 5.13. The van der Waals surface area contributed by atoms with Crippen molar-refractivity contribution in [2.75, 3.05) is 25.7 Å². The van der Waals surface area contributed by atoms with Crippen LogP contribution in [0.25, 0.3) is 0 Å². The fourth-order valence-corrected chi connectivity index (χ4v) is 3.57. The number of benzene rings is 1. The summed E-state index contributed by atoms with van der Waals surface area (Å²) >= 11 is 0. The Morgan fingerprint density at radius 3 is 2.80 bits per heavy atom. The Labute approximate surface area is 171 Å². The number of anilines is 1. The van der Waals surface area contributed by atoms with Crippen LogP contribution in [0.2, 0.25) is 0 Å². The van der Waals surface area contributed by atoms with Crippen LogP contribution in [0, 0.1) is 11.6 Å². The van der Waals surface area contributed by atoms with Crippen molar-refractivity contribution in [3.05, 3.63) is 47.7 Å². The molecular weight excluding hydrogens is 396 g/mol. The number of hydrazone groups is 1. The number of nitrogens with zero attached hydrogens (tertiary/aromatic N) is 6. The Morgan fingerprint density at radius 2 is 2.03 bits per heavy atom. The number of rotatable bonds is 4. The van der Waals surface area contributed by atoms with Gasteiger partial charge in [-0.1, -0.05) is 6.07 Å². The van der Waals surface area contributed by atoms with Gasteiger partial charge in [-0.25, -0.2) is 13.5 Å². The molecule has 0 fully saturated rings. The van der Waals surface area contributed by atoms with Gasteiger partial charge in [0.15, 0.2) is 11.6 Å². The summed E-state index contributed by atoms with van der Waals surface area (Å²) in [6, 6.07) is 4.66. The van der Waals surface area contributed by atoms with E-state index >= 15 is 0 Å². The van der Waals surface area contributed by atoms with Gasteiger partial charge < -0.3 is 10.2 Å². The van der Waals surface area contributed by atoms with E-state index in [1.807, 2.05) is 0 Å². The van der Waals surface area contributed by atoms with Crippen LogP contribution in [-0.4, -0.2) is 64.1 Å². The number of carbonyl (C=O) groups is 2. The maximum absolute atomic E-state index is 13.4. The molecule has 1 N–H and O–H groups in total. The number of aromatic nitrogens is 2. The summed E-state index contributed by atoms with van der Waals surface area (Å²) in [5, 5.41) is 12.8. The second-order valence-corrected chi connectivity index (χ2v) is 7.30. The van der Waals surface area contributed by atoms with E-state index in [0.717, 1.165) is 12.1 Å². The number of aryl methyl sites for hydroxylation is 1. The maximum atomic E-state index is 13.4. The van der Waals surface area contributed by atoms with E-state index < -0.39 is 23.6 Å². The molecule has 3 heterocycles. The summed E-state index contributed by atoms with van der Waals surface area (Å²) in [5.74, 6) is -1.74. The molecule has 2 aliphatic heterocycles. The second kappa shape index (κ2) is 7.73. The van der Waals surface area contributed by atoms with Crippen LogP contribution in [0.4, 0.5) is 14.6 Å². The lowest BCUT2D eigenvalue weighted by Crippen LogP contribution is -2.50. The Balaban J connectivity index is 1.43. The van der Waals surface area contributed by atoms with Crippen LogP contribution < -0.4 is 10.2 Å². The van der Waals surface area contributed by atoms with E-state index in [1.165, 1.54) is 11.0 Å². The molecule has 2 amide bonds. The van der Waals surface area contributed by atoms with Gasteiger partial charge >= 0.3 is 0 Å². The van der Waals surface area contributed by atoms with Gasteiger partial charge in [-0.2, -0.15) is 10.2 Å². The number of hydrogen-bond donors (Lipinski definition) is 1. The number of nitrogens with one attached hydrogen (secondary N) is 1. The van der Waals surface area contributed by atoms with Gasteiger partial charge in [0, 0.05) is 26.7 Å². The van der Waals surface area contributed by atoms with Gasteiger partial charge in [-0.05, 0) is 24.1 Å². The molecule has 1 atom stereocenters. The molecule has 0 unspecified atom stereocenters. The van der Waals surface area contributed by atoms with Crippen molar-refractivity contribution in [2.24, 2.45) is 5.10 Å². The minimum atomic E-state index is -0.932. The molecule has 2 aliphatic rings. The highest BCUT2D eigenvalue weighted by molar-refractivity contribution is 6.38. The first-order valence-electron chi connectivity index (χ1n) is 9.42. The predicted octanol–water partition coefficient (Wildman–Crippen LogP) is 0.731. The van der Waals surface area contributed by atoms with E-state index in [0.29, 0.717) is 31.0 Å². The SMILES string of the molecule is CN1CN(Cc2ccc(F)c(F)c2)N=C1C(=O)N[C@H]1CCn2nccc2N(C)C1=O. The first kappa shape index (κ1) is 19.8. The highest BCUT2D eigenvalue weighted by Crippen LogP contribution is 2.19. The van der Waals surface area contributed by atoms with Crippen molar-refractivity contribution < 1.29 is 18.4 Å². The molecule has 158 valence electrons. The van der Waals surface area contributed by atoms with E-state index in [4.69, 9.17) is 0 Å². The largest absolute Gasteiger partial charge is 0.337 e. The summed E-state index contributed by atoms with van der Waals surface area (Å²) in [6.45, 7) is 1.01. The standard InChI is InChI=1S/C19H21F2N7O2/c1-25-11-27(10-12-3-4-13(20)14(21)9-12)24-17(25)18(29)23-15-6-8-28-16(5-7-22-28)26(2)19(15)30/h3-5,7,9,15H,6,8,10-11H2,1-2H3,(H,23,29)/t15-/m0/s1. The third kappa shape index (κ3) is 3.70. The minimum absolute atomic E-state index is 0.148. The molecule has 9 nitrogen and oxygen atoms in total. The van der Waals surface area contributed by atoms with Crippen molar-refractivity contribution in [1.29, 1.82) is 0 Å². The zero-order valence-corrected chi connectivity index (χ0v) is 16.5. The van der Waals surface area contributed by atoms with Crippen molar-refractivity contribution >= 4 is 23.5 Å². The van der Waals surface area contributed by atoms with Crippen LogP contribution in [-0.2, 0) is 22.7 Å². The maximum Gasteiger partial charge on any atom is 0.289 e. The molecule has 2 aromatic rings. The summed E-state index contributed by atoms with van der Waals surface area (Å²) in [4.78, 5) is 28.6. The third-order valence-corrected chi connectivity index (χ3v) is 5.13. The van der Waals surface area contributed by atoms with Gasteiger partial charge in [0.05, 0.1) is 12.7 Å². The number of amides is 2. The fourth-order valence-electron chi connectivity index (χ4n) is 3.57. The van der Waals surface area contributed by atoms with Crippen LogP contribution in [0.3, 0.4) is 0 Å². The van der Waals surface area contributed by atoms with Crippen LogP contribution in [0.1, 0.15) is 12.0 Å². The van der Waals surface area contributed by atoms with E-state index in [2.05, 4.69) is 15.5 Å². The molecule has 0 saturated carbocycles. The lowest BCUT2D eigenvalue weighted by molar-refractivity contribution is -0.124. The number of fused-ring (bicyclic) bond motifs is 1. The summed E-state index contributed by atoms with van der Waals surface area (Å²) in [7, 11) is 3.34. The second-order valence-electron chi connectivity index (χ2n) is 7.30. The molecule has 0 aliphatic carbocycles. The average Bonchev–Trinajstić information content (AvgIpc) is 3.30. The van der Waals surface area contributed by atoms with Gasteiger partial charge in [0.1, 0.15) is 18.5 Å². The van der Waals surface area contributed by atoms with Gasteiger partial charge in [-0.15, -0.1) is 0 Å². The Bertz CT molecular complexity index is 1020. The monoisotopic (exact) mass is 417 g/mol. The molecule has 11 heteroatoms. The molecule has 0 saturated heterocycles. The quantitative estimate of drug-likeness (QED) is 0.793. The molecule has 30 heavy (non-hydrogen) atoms. The Hall–Kier alpha value is -3.50. The minimum Gasteiger partial charge on any atom is -0.337 e. The number of hydrogen-bond acceptors (Lipinski definition) is 6.